The SMILES string of the molecule is Cc1cc(CCC(=O)O)c2c(=O)cc(Nc3ccccc3)n(-c3ccccc3)c2n1. The van der Waals surface area contributed by atoms with Crippen molar-refractivity contribution in [2.45, 2.75) is 19.8 Å². The molecular weight excluding hydrogens is 378 g/mol. The molecule has 0 fully saturated rings. The van der Waals surface area contributed by atoms with Gasteiger partial charge < -0.3 is 10.4 Å². The fraction of sp³-hybridized carbons (Fsp3) is 0.125. The highest BCUT2D eigenvalue weighted by Gasteiger charge is 2.17. The molecule has 0 amide bonds. The maximum absolute atomic E-state index is 13.1. The highest BCUT2D eigenvalue weighted by Crippen LogP contribution is 2.26. The average Bonchev–Trinajstić information content (AvgIpc) is 2.73. The second kappa shape index (κ2) is 8.21. The average molecular weight is 399 g/mol. The number of benzene rings is 2. The van der Waals surface area contributed by atoms with Gasteiger partial charge in [0, 0.05) is 29.6 Å². The number of fused-ring (bicyclic) bond motifs is 1. The first-order valence-corrected chi connectivity index (χ1v) is 9.68. The molecule has 4 aromatic rings. The standard InChI is InChI=1S/C24H21N3O3/c1-16-14-17(12-13-22(29)30)23-20(28)15-21(26-18-8-4-2-5-9-18)27(24(23)25-16)19-10-6-3-7-11-19/h2-11,14-15,26H,12-13H2,1H3,(H,29,30). The summed E-state index contributed by atoms with van der Waals surface area (Å²) in [6, 6.07) is 22.6. The number of hydrogen-bond donors (Lipinski definition) is 2. The Morgan fingerprint density at radius 2 is 1.70 bits per heavy atom. The van der Waals surface area contributed by atoms with E-state index in [1.54, 1.807) is 12.1 Å². The van der Waals surface area contributed by atoms with Crippen LogP contribution >= 0.6 is 0 Å². The smallest absolute Gasteiger partial charge is 0.303 e. The van der Waals surface area contributed by atoms with Crippen molar-refractivity contribution in [3.8, 4) is 5.69 Å². The number of hydrogen-bond acceptors (Lipinski definition) is 4. The molecule has 4 rings (SSSR count). The molecule has 0 aliphatic heterocycles. The number of carbonyl (C=O) groups is 1. The molecule has 2 heterocycles. The normalized spacial score (nSPS) is 10.8. The third-order valence-electron chi connectivity index (χ3n) is 4.85. The van der Waals surface area contributed by atoms with Crippen molar-refractivity contribution in [1.29, 1.82) is 0 Å². The monoisotopic (exact) mass is 399 g/mol. The molecule has 0 saturated carbocycles. The fourth-order valence-corrected chi connectivity index (χ4v) is 3.57. The third-order valence-corrected chi connectivity index (χ3v) is 4.85. The van der Waals surface area contributed by atoms with Crippen molar-refractivity contribution in [2.75, 3.05) is 5.32 Å². The van der Waals surface area contributed by atoms with Gasteiger partial charge >= 0.3 is 5.97 Å². The van der Waals surface area contributed by atoms with Gasteiger partial charge in [-0.15, -0.1) is 0 Å². The van der Waals surface area contributed by atoms with E-state index in [4.69, 9.17) is 5.11 Å². The van der Waals surface area contributed by atoms with E-state index in [1.807, 2.05) is 72.2 Å². The first kappa shape index (κ1) is 19.4. The molecule has 0 aliphatic carbocycles. The number of aryl methyl sites for hydroxylation is 2. The molecule has 2 N–H and O–H groups in total. The van der Waals surface area contributed by atoms with Crippen LogP contribution in [-0.2, 0) is 11.2 Å². The number of anilines is 2. The minimum absolute atomic E-state index is 0.0483. The van der Waals surface area contributed by atoms with Crippen LogP contribution in [0, 0.1) is 6.92 Å². The summed E-state index contributed by atoms with van der Waals surface area (Å²) >= 11 is 0. The number of aliphatic carboxylic acids is 1. The third kappa shape index (κ3) is 3.93. The highest BCUT2D eigenvalue weighted by atomic mass is 16.4. The zero-order valence-electron chi connectivity index (χ0n) is 16.5. The number of aromatic nitrogens is 2. The Morgan fingerprint density at radius 3 is 2.37 bits per heavy atom. The first-order valence-electron chi connectivity index (χ1n) is 9.68. The summed E-state index contributed by atoms with van der Waals surface area (Å²) in [4.78, 5) is 28.9. The Morgan fingerprint density at radius 1 is 1.03 bits per heavy atom. The Hall–Kier alpha value is -3.93. The number of nitrogens with zero attached hydrogens (tertiary/aromatic N) is 2. The Balaban J connectivity index is 2.00. The molecule has 0 radical (unpaired) electrons. The predicted molar refractivity (Wildman–Crippen MR) is 118 cm³/mol. The lowest BCUT2D eigenvalue weighted by molar-refractivity contribution is -0.136. The lowest BCUT2D eigenvalue weighted by Gasteiger charge is -2.19. The second-order valence-electron chi connectivity index (χ2n) is 7.07. The van der Waals surface area contributed by atoms with E-state index in [1.165, 1.54) is 0 Å². The van der Waals surface area contributed by atoms with Crippen LogP contribution in [0.2, 0.25) is 0 Å². The first-order chi connectivity index (χ1) is 14.5. The van der Waals surface area contributed by atoms with Gasteiger partial charge in [0.05, 0.1) is 5.39 Å². The molecular formula is C24H21N3O3. The van der Waals surface area contributed by atoms with E-state index in [9.17, 15) is 9.59 Å². The zero-order chi connectivity index (χ0) is 21.1. The number of carboxylic acids is 1. The van der Waals surface area contributed by atoms with E-state index in [2.05, 4.69) is 10.3 Å². The summed E-state index contributed by atoms with van der Waals surface area (Å²) in [5, 5.41) is 12.9. The summed E-state index contributed by atoms with van der Waals surface area (Å²) < 4.78 is 1.90. The molecule has 0 unspecified atom stereocenters. The van der Waals surface area contributed by atoms with Gasteiger partial charge in [0.25, 0.3) is 0 Å². The topological polar surface area (TPSA) is 84.2 Å². The molecule has 0 atom stereocenters. The lowest BCUT2D eigenvalue weighted by Crippen LogP contribution is -2.16. The van der Waals surface area contributed by atoms with Crippen molar-refractivity contribution in [3.05, 3.63) is 94.3 Å². The highest BCUT2D eigenvalue weighted by molar-refractivity contribution is 5.84. The number of nitrogens with one attached hydrogen (secondary N) is 1. The summed E-state index contributed by atoms with van der Waals surface area (Å²) in [6.07, 6.45) is 0.220. The van der Waals surface area contributed by atoms with Crippen LogP contribution in [-0.4, -0.2) is 20.6 Å². The van der Waals surface area contributed by atoms with Crippen LogP contribution < -0.4 is 10.7 Å². The van der Waals surface area contributed by atoms with Crippen LogP contribution in [0.1, 0.15) is 17.7 Å². The van der Waals surface area contributed by atoms with Gasteiger partial charge in [0.15, 0.2) is 11.1 Å². The molecule has 6 nitrogen and oxygen atoms in total. The summed E-state index contributed by atoms with van der Waals surface area (Å²) in [6.45, 7) is 1.85. The van der Waals surface area contributed by atoms with Gasteiger partial charge in [-0.3, -0.25) is 14.2 Å². The van der Waals surface area contributed by atoms with Crippen LogP contribution in [0.5, 0.6) is 0 Å². The molecule has 0 spiro atoms. The molecule has 0 aliphatic rings. The second-order valence-corrected chi connectivity index (χ2v) is 7.07. The van der Waals surface area contributed by atoms with Gasteiger partial charge in [-0.2, -0.15) is 0 Å². The van der Waals surface area contributed by atoms with Gasteiger partial charge in [0.2, 0.25) is 0 Å². The number of rotatable bonds is 6. The lowest BCUT2D eigenvalue weighted by atomic mass is 10.0. The largest absolute Gasteiger partial charge is 0.481 e. The quantitative estimate of drug-likeness (QED) is 0.500. The molecule has 6 heteroatoms. The molecule has 30 heavy (non-hydrogen) atoms. The minimum atomic E-state index is -0.900. The minimum Gasteiger partial charge on any atom is -0.481 e. The van der Waals surface area contributed by atoms with Crippen molar-refractivity contribution >= 4 is 28.5 Å². The fourth-order valence-electron chi connectivity index (χ4n) is 3.57. The maximum atomic E-state index is 13.1. The van der Waals surface area contributed by atoms with E-state index in [0.29, 0.717) is 22.4 Å². The molecule has 0 bridgehead atoms. The Kier molecular flexibility index (Phi) is 5.30. The van der Waals surface area contributed by atoms with Gasteiger partial charge in [-0.1, -0.05) is 36.4 Å². The number of carboxylic acid groups (broad SMARTS) is 1. The molecule has 0 saturated heterocycles. The molecule has 150 valence electrons. The van der Waals surface area contributed by atoms with E-state index in [-0.39, 0.29) is 18.3 Å². The van der Waals surface area contributed by atoms with Gasteiger partial charge in [-0.25, -0.2) is 4.98 Å². The molecule has 2 aromatic heterocycles. The van der Waals surface area contributed by atoms with Crippen molar-refractivity contribution in [3.63, 3.8) is 0 Å². The van der Waals surface area contributed by atoms with Crippen molar-refractivity contribution in [1.82, 2.24) is 9.55 Å². The Labute approximate surface area is 173 Å². The van der Waals surface area contributed by atoms with E-state index >= 15 is 0 Å². The summed E-state index contributed by atoms with van der Waals surface area (Å²) in [5.41, 5.74) is 3.43. The maximum Gasteiger partial charge on any atom is 0.303 e. The van der Waals surface area contributed by atoms with Crippen molar-refractivity contribution < 1.29 is 9.90 Å². The van der Waals surface area contributed by atoms with Gasteiger partial charge in [-0.05, 0) is 49.2 Å². The summed E-state index contributed by atoms with van der Waals surface area (Å²) in [5.74, 6) is -0.310. The number of para-hydroxylation sites is 2. The van der Waals surface area contributed by atoms with Crippen LogP contribution in [0.15, 0.2) is 77.6 Å². The number of pyridine rings is 2. The van der Waals surface area contributed by atoms with Crippen LogP contribution in [0.25, 0.3) is 16.7 Å². The predicted octanol–water partition coefficient (Wildman–Crippen LogP) is 4.45. The Bertz CT molecular complexity index is 1270. The van der Waals surface area contributed by atoms with Gasteiger partial charge in [0.1, 0.15) is 5.82 Å². The van der Waals surface area contributed by atoms with E-state index in [0.717, 1.165) is 17.1 Å². The van der Waals surface area contributed by atoms with Crippen LogP contribution in [0.4, 0.5) is 11.5 Å². The zero-order valence-corrected chi connectivity index (χ0v) is 16.5. The van der Waals surface area contributed by atoms with Crippen LogP contribution in [0.3, 0.4) is 0 Å². The molecule has 2 aromatic carbocycles. The van der Waals surface area contributed by atoms with E-state index < -0.39 is 5.97 Å². The summed E-state index contributed by atoms with van der Waals surface area (Å²) in [7, 11) is 0. The van der Waals surface area contributed by atoms with Crippen molar-refractivity contribution in [2.24, 2.45) is 0 Å².